The number of anilines is 1. The lowest BCUT2D eigenvalue weighted by Gasteiger charge is -2.25. The number of hydrogen-bond acceptors (Lipinski definition) is 4. The first-order chi connectivity index (χ1) is 16.4. The highest BCUT2D eigenvalue weighted by Gasteiger charge is 2.60. The van der Waals surface area contributed by atoms with E-state index in [2.05, 4.69) is 28.3 Å². The van der Waals surface area contributed by atoms with Gasteiger partial charge in [0.15, 0.2) is 0 Å². The average molecular weight is 518 g/mol. The number of fused-ring (bicyclic) bond motifs is 1. The van der Waals surface area contributed by atoms with Gasteiger partial charge < -0.3 is 0 Å². The zero-order valence-corrected chi connectivity index (χ0v) is 20.5. The molecular weight excluding hydrogens is 494 g/mol. The van der Waals surface area contributed by atoms with Crippen molar-refractivity contribution in [2.45, 2.75) is 32.4 Å². The third-order valence-electron chi connectivity index (χ3n) is 6.56. The Morgan fingerprint density at radius 1 is 0.971 bits per heavy atom. The van der Waals surface area contributed by atoms with E-state index >= 15 is 0 Å². The second-order valence-electron chi connectivity index (χ2n) is 8.71. The molecule has 0 aromatic heterocycles. The van der Waals surface area contributed by atoms with E-state index in [9.17, 15) is 14.4 Å². The van der Waals surface area contributed by atoms with Crippen LogP contribution in [-0.2, 0) is 16.0 Å². The van der Waals surface area contributed by atoms with E-state index in [1.165, 1.54) is 15.5 Å². The number of rotatable bonds is 4. The largest absolute Gasteiger partial charge is 0.274 e. The Morgan fingerprint density at radius 3 is 2.32 bits per heavy atom. The fourth-order valence-corrected chi connectivity index (χ4v) is 5.12. The van der Waals surface area contributed by atoms with Gasteiger partial charge >= 0.3 is 0 Å². The summed E-state index contributed by atoms with van der Waals surface area (Å²) in [7, 11) is 0. The van der Waals surface area contributed by atoms with Crippen LogP contribution in [0.1, 0.15) is 40.0 Å². The number of hydrazine groups is 1. The SMILES string of the molecule is CCc1ccc(C2NN(C(=O)c3cccc(Br)c3)C3C(=O)N(c4ccc(C)cc4)C(=O)C23)cc1. The predicted molar refractivity (Wildman–Crippen MR) is 133 cm³/mol. The minimum Gasteiger partial charge on any atom is -0.274 e. The highest BCUT2D eigenvalue weighted by molar-refractivity contribution is 9.10. The Balaban J connectivity index is 1.57. The van der Waals surface area contributed by atoms with E-state index in [-0.39, 0.29) is 11.8 Å². The van der Waals surface area contributed by atoms with E-state index in [0.717, 1.165) is 22.0 Å². The van der Waals surface area contributed by atoms with Crippen LogP contribution < -0.4 is 10.3 Å². The molecule has 172 valence electrons. The lowest BCUT2D eigenvalue weighted by atomic mass is 9.90. The molecule has 5 rings (SSSR count). The minimum absolute atomic E-state index is 0.305. The Hall–Kier alpha value is -3.29. The van der Waals surface area contributed by atoms with E-state index < -0.39 is 23.9 Å². The Kier molecular flexibility index (Phi) is 5.83. The van der Waals surface area contributed by atoms with Crippen molar-refractivity contribution in [3.05, 3.63) is 99.5 Å². The van der Waals surface area contributed by atoms with Crippen LogP contribution in [0.5, 0.6) is 0 Å². The molecule has 1 N–H and O–H groups in total. The molecule has 0 spiro atoms. The fraction of sp³-hybridized carbons (Fsp3) is 0.222. The molecule has 2 aliphatic rings. The maximum atomic E-state index is 13.7. The van der Waals surface area contributed by atoms with Crippen molar-refractivity contribution in [3.63, 3.8) is 0 Å². The van der Waals surface area contributed by atoms with Crippen molar-refractivity contribution >= 4 is 39.3 Å². The summed E-state index contributed by atoms with van der Waals surface area (Å²) in [5.74, 6) is -1.78. The predicted octanol–water partition coefficient (Wildman–Crippen LogP) is 4.58. The third kappa shape index (κ3) is 3.75. The molecular formula is C27H24BrN3O3. The van der Waals surface area contributed by atoms with Crippen LogP contribution in [0.2, 0.25) is 0 Å². The molecule has 0 aliphatic carbocycles. The number of amides is 3. The molecule has 3 amide bonds. The summed E-state index contributed by atoms with van der Waals surface area (Å²) in [5.41, 5.74) is 7.23. The highest BCUT2D eigenvalue weighted by Crippen LogP contribution is 2.42. The number of nitrogens with one attached hydrogen (secondary N) is 1. The average Bonchev–Trinajstić information content (AvgIpc) is 3.36. The van der Waals surface area contributed by atoms with Crippen LogP contribution in [0.4, 0.5) is 5.69 Å². The van der Waals surface area contributed by atoms with Gasteiger partial charge in [-0.3, -0.25) is 19.4 Å². The fourth-order valence-electron chi connectivity index (χ4n) is 4.72. The van der Waals surface area contributed by atoms with Gasteiger partial charge in [-0.25, -0.2) is 10.3 Å². The molecule has 34 heavy (non-hydrogen) atoms. The molecule has 3 atom stereocenters. The molecule has 2 aliphatic heterocycles. The molecule has 0 bridgehead atoms. The normalized spacial score (nSPS) is 21.8. The number of nitrogens with zero attached hydrogens (tertiary/aromatic N) is 2. The molecule has 2 fully saturated rings. The number of carbonyl (C=O) groups excluding carboxylic acids is 3. The Labute approximate surface area is 206 Å². The summed E-state index contributed by atoms with van der Waals surface area (Å²) in [6.07, 6.45) is 0.899. The van der Waals surface area contributed by atoms with Crippen molar-refractivity contribution in [1.29, 1.82) is 0 Å². The third-order valence-corrected chi connectivity index (χ3v) is 7.06. The van der Waals surface area contributed by atoms with Crippen molar-refractivity contribution in [1.82, 2.24) is 10.4 Å². The molecule has 2 heterocycles. The lowest BCUT2D eigenvalue weighted by Crippen LogP contribution is -2.48. The monoisotopic (exact) mass is 517 g/mol. The molecule has 2 saturated heterocycles. The quantitative estimate of drug-likeness (QED) is 0.514. The Bertz CT molecular complexity index is 1270. The van der Waals surface area contributed by atoms with Crippen LogP contribution in [0.3, 0.4) is 0 Å². The standard InChI is InChI=1S/C27H24BrN3O3/c1-3-17-9-11-18(12-10-17)23-22-24(31(29-23)25(32)19-5-4-6-20(28)15-19)27(34)30(26(22)33)21-13-7-16(2)8-14-21/h4-15,22-24,29H,3H2,1-2H3. The summed E-state index contributed by atoms with van der Waals surface area (Å²) < 4.78 is 0.760. The summed E-state index contributed by atoms with van der Waals surface area (Å²) in [6.45, 7) is 4.03. The van der Waals surface area contributed by atoms with Crippen molar-refractivity contribution in [2.75, 3.05) is 4.90 Å². The molecule has 3 unspecified atom stereocenters. The second kappa shape index (κ2) is 8.81. The van der Waals surface area contributed by atoms with E-state index in [0.29, 0.717) is 11.3 Å². The number of imide groups is 1. The van der Waals surface area contributed by atoms with Crippen molar-refractivity contribution in [2.24, 2.45) is 5.92 Å². The first kappa shape index (κ1) is 22.5. The number of benzene rings is 3. The zero-order valence-electron chi connectivity index (χ0n) is 18.9. The van der Waals surface area contributed by atoms with Gasteiger partial charge in [-0.2, -0.15) is 0 Å². The minimum atomic E-state index is -0.934. The molecule has 7 heteroatoms. The number of carbonyl (C=O) groups is 3. The van der Waals surface area contributed by atoms with Gasteiger partial charge in [-0.05, 0) is 54.8 Å². The van der Waals surface area contributed by atoms with Crippen LogP contribution >= 0.6 is 15.9 Å². The first-order valence-electron chi connectivity index (χ1n) is 11.3. The maximum Gasteiger partial charge on any atom is 0.268 e. The van der Waals surface area contributed by atoms with Gasteiger partial charge in [0.1, 0.15) is 6.04 Å². The van der Waals surface area contributed by atoms with Crippen LogP contribution in [-0.4, -0.2) is 28.8 Å². The smallest absolute Gasteiger partial charge is 0.268 e. The summed E-state index contributed by atoms with van der Waals surface area (Å²) in [4.78, 5) is 42.0. The molecule has 3 aromatic carbocycles. The summed E-state index contributed by atoms with van der Waals surface area (Å²) in [5, 5.41) is 1.35. The van der Waals surface area contributed by atoms with E-state index in [1.54, 1.807) is 30.3 Å². The number of hydrogen-bond donors (Lipinski definition) is 1. The summed E-state index contributed by atoms with van der Waals surface area (Å²) in [6, 6.07) is 20.8. The molecule has 0 saturated carbocycles. The number of halogens is 1. The topological polar surface area (TPSA) is 69.7 Å². The molecule has 3 aromatic rings. The Morgan fingerprint density at radius 2 is 1.68 bits per heavy atom. The first-order valence-corrected chi connectivity index (χ1v) is 12.1. The van der Waals surface area contributed by atoms with Gasteiger partial charge in [0.05, 0.1) is 17.6 Å². The van der Waals surface area contributed by atoms with Gasteiger partial charge in [-0.15, -0.1) is 0 Å². The van der Waals surface area contributed by atoms with Crippen molar-refractivity contribution in [3.8, 4) is 0 Å². The van der Waals surface area contributed by atoms with E-state index in [1.807, 2.05) is 49.4 Å². The number of aryl methyl sites for hydroxylation is 2. The highest BCUT2D eigenvalue weighted by atomic mass is 79.9. The molecule has 6 nitrogen and oxygen atoms in total. The van der Waals surface area contributed by atoms with Gasteiger partial charge in [0.25, 0.3) is 11.8 Å². The lowest BCUT2D eigenvalue weighted by molar-refractivity contribution is -0.123. The van der Waals surface area contributed by atoms with E-state index in [4.69, 9.17) is 0 Å². The van der Waals surface area contributed by atoms with Crippen molar-refractivity contribution < 1.29 is 14.4 Å². The van der Waals surface area contributed by atoms with Crippen LogP contribution in [0.15, 0.2) is 77.3 Å². The van der Waals surface area contributed by atoms with Crippen LogP contribution in [0, 0.1) is 12.8 Å². The summed E-state index contributed by atoms with van der Waals surface area (Å²) >= 11 is 3.40. The van der Waals surface area contributed by atoms with Crippen LogP contribution in [0.25, 0.3) is 0 Å². The second-order valence-corrected chi connectivity index (χ2v) is 9.62. The van der Waals surface area contributed by atoms with Gasteiger partial charge in [0.2, 0.25) is 5.91 Å². The van der Waals surface area contributed by atoms with Gasteiger partial charge in [0, 0.05) is 10.0 Å². The maximum absolute atomic E-state index is 13.7. The zero-order chi connectivity index (χ0) is 24.0. The molecule has 0 radical (unpaired) electrons. The van der Waals surface area contributed by atoms with Gasteiger partial charge in [-0.1, -0.05) is 70.9 Å².